The molecule has 0 spiro atoms. The summed E-state index contributed by atoms with van der Waals surface area (Å²) in [6.07, 6.45) is 4.94. The van der Waals surface area contributed by atoms with Gasteiger partial charge in [0, 0.05) is 34.6 Å². The SMILES string of the molecule is [CH2]/C(F)=C\c1ccc(-c2cccnc2)s1. The third-order valence-corrected chi connectivity index (χ3v) is 2.95. The summed E-state index contributed by atoms with van der Waals surface area (Å²) in [5.74, 6) is -0.422. The first-order valence-corrected chi connectivity index (χ1v) is 5.27. The molecule has 2 heterocycles. The van der Waals surface area contributed by atoms with E-state index in [1.165, 1.54) is 17.4 Å². The molecule has 0 saturated heterocycles. The van der Waals surface area contributed by atoms with Gasteiger partial charge < -0.3 is 0 Å². The van der Waals surface area contributed by atoms with E-state index in [0.717, 1.165) is 15.3 Å². The quantitative estimate of drug-likeness (QED) is 0.743. The van der Waals surface area contributed by atoms with Crippen LogP contribution in [0, 0.1) is 6.92 Å². The second-order valence-electron chi connectivity index (χ2n) is 3.03. The zero-order valence-electron chi connectivity index (χ0n) is 7.98. The van der Waals surface area contributed by atoms with Gasteiger partial charge in [0.25, 0.3) is 0 Å². The number of hydrogen-bond donors (Lipinski definition) is 0. The summed E-state index contributed by atoms with van der Waals surface area (Å²) in [6, 6.07) is 7.69. The Hall–Kier alpha value is -1.48. The Balaban J connectivity index is 2.32. The number of thiophene rings is 1. The molecule has 1 nitrogen and oxygen atoms in total. The summed E-state index contributed by atoms with van der Waals surface area (Å²) in [6.45, 7) is 3.20. The molecule has 0 amide bonds. The van der Waals surface area contributed by atoms with Crippen molar-refractivity contribution < 1.29 is 4.39 Å². The van der Waals surface area contributed by atoms with Crippen molar-refractivity contribution in [3.8, 4) is 10.4 Å². The van der Waals surface area contributed by atoms with Gasteiger partial charge in [-0.2, -0.15) is 0 Å². The Kier molecular flexibility index (Phi) is 2.92. The lowest BCUT2D eigenvalue weighted by Crippen LogP contribution is -1.72. The van der Waals surface area contributed by atoms with Crippen molar-refractivity contribution in [3.63, 3.8) is 0 Å². The molecule has 75 valence electrons. The van der Waals surface area contributed by atoms with Crippen molar-refractivity contribution in [2.45, 2.75) is 0 Å². The number of halogens is 1. The van der Waals surface area contributed by atoms with Crippen LogP contribution in [0.1, 0.15) is 4.88 Å². The van der Waals surface area contributed by atoms with Gasteiger partial charge in [-0.1, -0.05) is 6.07 Å². The van der Waals surface area contributed by atoms with E-state index in [2.05, 4.69) is 11.9 Å². The van der Waals surface area contributed by atoms with E-state index in [4.69, 9.17) is 0 Å². The van der Waals surface area contributed by atoms with Gasteiger partial charge in [-0.05, 0) is 24.3 Å². The standard InChI is InChI=1S/C12H9FNS/c1-9(13)7-11-4-5-12(15-11)10-3-2-6-14-8-10/h2-8H,1H2/b9-7+. The molecule has 0 saturated carbocycles. The van der Waals surface area contributed by atoms with E-state index in [1.807, 2.05) is 24.3 Å². The molecule has 0 aromatic carbocycles. The smallest absolute Gasteiger partial charge is 0.102 e. The molecule has 15 heavy (non-hydrogen) atoms. The van der Waals surface area contributed by atoms with E-state index < -0.39 is 5.83 Å². The second kappa shape index (κ2) is 4.36. The number of rotatable bonds is 2. The fourth-order valence-corrected chi connectivity index (χ4v) is 2.20. The van der Waals surface area contributed by atoms with Gasteiger partial charge >= 0.3 is 0 Å². The van der Waals surface area contributed by atoms with Crippen LogP contribution in [0.2, 0.25) is 0 Å². The van der Waals surface area contributed by atoms with Crippen molar-refractivity contribution in [3.05, 3.63) is 54.3 Å². The maximum atomic E-state index is 12.5. The predicted molar refractivity (Wildman–Crippen MR) is 62.0 cm³/mol. The van der Waals surface area contributed by atoms with Crippen LogP contribution in [0.3, 0.4) is 0 Å². The number of aromatic nitrogens is 1. The molecule has 2 aromatic heterocycles. The van der Waals surface area contributed by atoms with Gasteiger partial charge in [0.05, 0.1) is 0 Å². The molecule has 0 aliphatic heterocycles. The average Bonchev–Trinajstić information content (AvgIpc) is 2.67. The molecule has 0 N–H and O–H groups in total. The minimum absolute atomic E-state index is 0.422. The minimum atomic E-state index is -0.422. The molecule has 0 bridgehead atoms. The number of pyridine rings is 1. The number of allylic oxidation sites excluding steroid dienone is 1. The summed E-state index contributed by atoms with van der Waals surface area (Å²) in [5, 5.41) is 0. The summed E-state index contributed by atoms with van der Waals surface area (Å²) in [5.41, 5.74) is 1.05. The van der Waals surface area contributed by atoms with Gasteiger partial charge in [0.15, 0.2) is 0 Å². The first kappa shape index (κ1) is 10.1. The number of nitrogens with zero attached hydrogens (tertiary/aromatic N) is 1. The summed E-state index contributed by atoms with van der Waals surface area (Å²) in [4.78, 5) is 5.98. The van der Waals surface area contributed by atoms with E-state index >= 15 is 0 Å². The van der Waals surface area contributed by atoms with Crippen molar-refractivity contribution >= 4 is 17.4 Å². The molecule has 0 unspecified atom stereocenters. The Morgan fingerprint density at radius 1 is 1.40 bits per heavy atom. The van der Waals surface area contributed by atoms with Gasteiger partial charge in [-0.25, -0.2) is 4.39 Å². The molecule has 0 aliphatic rings. The molecule has 0 fully saturated rings. The Morgan fingerprint density at radius 2 is 2.27 bits per heavy atom. The Labute approximate surface area is 91.9 Å². The van der Waals surface area contributed by atoms with Crippen LogP contribution in [-0.4, -0.2) is 4.98 Å². The van der Waals surface area contributed by atoms with Crippen LogP contribution in [0.5, 0.6) is 0 Å². The van der Waals surface area contributed by atoms with Crippen molar-refractivity contribution in [1.29, 1.82) is 0 Å². The predicted octanol–water partition coefficient (Wildman–Crippen LogP) is 3.95. The first-order chi connectivity index (χ1) is 7.25. The van der Waals surface area contributed by atoms with Crippen LogP contribution < -0.4 is 0 Å². The fraction of sp³-hybridized carbons (Fsp3) is 0. The largest absolute Gasteiger partial charge is 0.264 e. The molecule has 1 radical (unpaired) electrons. The van der Waals surface area contributed by atoms with Crippen molar-refractivity contribution in [2.75, 3.05) is 0 Å². The lowest BCUT2D eigenvalue weighted by atomic mass is 10.2. The third kappa shape index (κ3) is 2.50. The van der Waals surface area contributed by atoms with Crippen molar-refractivity contribution in [1.82, 2.24) is 4.98 Å². The number of hydrogen-bond acceptors (Lipinski definition) is 2. The Morgan fingerprint density at radius 3 is 2.93 bits per heavy atom. The third-order valence-electron chi connectivity index (χ3n) is 1.87. The Bertz CT molecular complexity index is 469. The van der Waals surface area contributed by atoms with Crippen LogP contribution in [-0.2, 0) is 0 Å². The van der Waals surface area contributed by atoms with E-state index in [-0.39, 0.29) is 0 Å². The van der Waals surface area contributed by atoms with E-state index in [0.29, 0.717) is 0 Å². The maximum Gasteiger partial charge on any atom is 0.102 e. The molecule has 0 aliphatic carbocycles. The summed E-state index contributed by atoms with van der Waals surface area (Å²) >= 11 is 1.52. The van der Waals surface area contributed by atoms with Gasteiger partial charge in [-0.15, -0.1) is 11.3 Å². The minimum Gasteiger partial charge on any atom is -0.264 e. The van der Waals surface area contributed by atoms with E-state index in [9.17, 15) is 4.39 Å². The van der Waals surface area contributed by atoms with Crippen LogP contribution >= 0.6 is 11.3 Å². The topological polar surface area (TPSA) is 12.9 Å². The van der Waals surface area contributed by atoms with E-state index in [1.54, 1.807) is 12.4 Å². The highest BCUT2D eigenvalue weighted by Crippen LogP contribution is 2.28. The van der Waals surface area contributed by atoms with Crippen LogP contribution in [0.4, 0.5) is 4.39 Å². The summed E-state index contributed by atoms with van der Waals surface area (Å²) in [7, 11) is 0. The molecular weight excluding hydrogens is 209 g/mol. The average molecular weight is 218 g/mol. The zero-order chi connectivity index (χ0) is 10.7. The van der Waals surface area contributed by atoms with Crippen molar-refractivity contribution in [2.24, 2.45) is 0 Å². The van der Waals surface area contributed by atoms with Gasteiger partial charge in [-0.3, -0.25) is 4.98 Å². The van der Waals surface area contributed by atoms with Gasteiger partial charge in [0.1, 0.15) is 5.83 Å². The first-order valence-electron chi connectivity index (χ1n) is 4.45. The lowest BCUT2D eigenvalue weighted by molar-refractivity contribution is 0.673. The van der Waals surface area contributed by atoms with Crippen LogP contribution in [0.15, 0.2) is 42.5 Å². The monoisotopic (exact) mass is 218 g/mol. The molecule has 2 aromatic rings. The van der Waals surface area contributed by atoms with Gasteiger partial charge in [0.2, 0.25) is 0 Å². The fourth-order valence-electron chi connectivity index (χ4n) is 1.25. The highest BCUT2D eigenvalue weighted by molar-refractivity contribution is 7.16. The molecule has 3 heteroatoms. The van der Waals surface area contributed by atoms with Crippen LogP contribution in [0.25, 0.3) is 16.5 Å². The molecule has 0 atom stereocenters. The normalized spacial score (nSPS) is 11.7. The zero-order valence-corrected chi connectivity index (χ0v) is 8.80. The maximum absolute atomic E-state index is 12.5. The highest BCUT2D eigenvalue weighted by Gasteiger charge is 2.01. The second-order valence-corrected chi connectivity index (χ2v) is 4.15. The molecule has 2 rings (SSSR count). The lowest BCUT2D eigenvalue weighted by Gasteiger charge is -1.93. The molecular formula is C12H9FNS. The highest BCUT2D eigenvalue weighted by atomic mass is 32.1. The summed E-state index contributed by atoms with van der Waals surface area (Å²) < 4.78 is 12.5.